The van der Waals surface area contributed by atoms with Gasteiger partial charge in [0.1, 0.15) is 17.6 Å². The minimum absolute atomic E-state index is 0.282. The zero-order chi connectivity index (χ0) is 18.5. The summed E-state index contributed by atoms with van der Waals surface area (Å²) >= 11 is 0. The Kier molecular flexibility index (Phi) is 4.99. The maximum atomic E-state index is 12.1. The summed E-state index contributed by atoms with van der Waals surface area (Å²) in [6.07, 6.45) is 0. The Labute approximate surface area is 151 Å². The van der Waals surface area contributed by atoms with Gasteiger partial charge in [-0.2, -0.15) is 5.26 Å². The lowest BCUT2D eigenvalue weighted by Gasteiger charge is -2.12. The molecule has 1 N–H and O–H groups in total. The number of fused-ring (bicyclic) bond motifs is 1. The molecule has 3 aromatic rings. The van der Waals surface area contributed by atoms with Crippen molar-refractivity contribution in [3.8, 4) is 11.8 Å². The molecule has 0 amide bonds. The van der Waals surface area contributed by atoms with Gasteiger partial charge in [-0.05, 0) is 37.3 Å². The van der Waals surface area contributed by atoms with Crippen molar-refractivity contribution < 1.29 is 14.3 Å². The van der Waals surface area contributed by atoms with E-state index in [0.29, 0.717) is 33.9 Å². The molecule has 6 nitrogen and oxygen atoms in total. The van der Waals surface area contributed by atoms with Gasteiger partial charge in [0.05, 0.1) is 36.0 Å². The van der Waals surface area contributed by atoms with Crippen LogP contribution in [0.25, 0.3) is 10.9 Å². The van der Waals surface area contributed by atoms with Crippen LogP contribution in [-0.2, 0) is 4.74 Å². The van der Waals surface area contributed by atoms with E-state index in [2.05, 4.69) is 16.4 Å². The van der Waals surface area contributed by atoms with E-state index in [1.807, 2.05) is 12.1 Å². The van der Waals surface area contributed by atoms with Gasteiger partial charge in [0.25, 0.3) is 0 Å². The zero-order valence-corrected chi connectivity index (χ0v) is 14.4. The van der Waals surface area contributed by atoms with Crippen molar-refractivity contribution in [2.75, 3.05) is 19.0 Å². The Bertz CT molecular complexity index is 1010. The Morgan fingerprint density at radius 3 is 2.77 bits per heavy atom. The molecule has 0 radical (unpaired) electrons. The number of nitrogens with zero attached hydrogens (tertiary/aromatic N) is 2. The molecule has 2 aromatic carbocycles. The minimum atomic E-state index is -0.434. The molecule has 0 saturated carbocycles. The molecule has 26 heavy (non-hydrogen) atoms. The van der Waals surface area contributed by atoms with Crippen molar-refractivity contribution in [1.82, 2.24) is 4.98 Å². The van der Waals surface area contributed by atoms with E-state index in [1.165, 1.54) is 0 Å². The number of benzene rings is 2. The fourth-order valence-electron chi connectivity index (χ4n) is 2.56. The molecule has 0 fully saturated rings. The predicted molar refractivity (Wildman–Crippen MR) is 98.7 cm³/mol. The highest BCUT2D eigenvalue weighted by atomic mass is 16.5. The molecular weight excluding hydrogens is 330 g/mol. The number of para-hydroxylation sites is 1. The van der Waals surface area contributed by atoms with Crippen LogP contribution in [0.3, 0.4) is 0 Å². The molecular formula is C20H17N3O3. The third-order valence-corrected chi connectivity index (χ3v) is 3.82. The number of ether oxygens (including phenoxy) is 2. The van der Waals surface area contributed by atoms with E-state index in [4.69, 9.17) is 9.47 Å². The highest BCUT2D eigenvalue weighted by Gasteiger charge is 2.14. The van der Waals surface area contributed by atoms with E-state index >= 15 is 0 Å². The second-order valence-corrected chi connectivity index (χ2v) is 5.45. The highest BCUT2D eigenvalue weighted by molar-refractivity contribution is 5.97. The molecule has 0 atom stereocenters. The molecule has 1 aromatic heterocycles. The molecule has 0 bridgehead atoms. The van der Waals surface area contributed by atoms with Gasteiger partial charge >= 0.3 is 5.97 Å². The largest absolute Gasteiger partial charge is 0.497 e. The highest BCUT2D eigenvalue weighted by Crippen LogP contribution is 2.27. The summed E-state index contributed by atoms with van der Waals surface area (Å²) in [4.78, 5) is 16.7. The van der Waals surface area contributed by atoms with Crippen LogP contribution >= 0.6 is 0 Å². The third kappa shape index (κ3) is 3.42. The number of esters is 1. The number of methoxy groups -OCH3 is 1. The summed E-state index contributed by atoms with van der Waals surface area (Å²) < 4.78 is 10.3. The molecule has 6 heteroatoms. The molecule has 0 saturated heterocycles. The van der Waals surface area contributed by atoms with Crippen LogP contribution < -0.4 is 10.1 Å². The van der Waals surface area contributed by atoms with E-state index in [9.17, 15) is 10.1 Å². The lowest BCUT2D eigenvalue weighted by Crippen LogP contribution is -2.08. The number of hydrogen-bond acceptors (Lipinski definition) is 6. The number of carbonyl (C=O) groups excluding carboxylic acids is 1. The number of rotatable bonds is 5. The molecule has 0 aliphatic heterocycles. The van der Waals surface area contributed by atoms with Gasteiger partial charge in [0, 0.05) is 11.5 Å². The molecule has 3 rings (SSSR count). The topological polar surface area (TPSA) is 84.2 Å². The number of pyridine rings is 1. The fraction of sp³-hybridized carbons (Fsp3) is 0.150. The van der Waals surface area contributed by atoms with Crippen LogP contribution in [0.4, 0.5) is 11.5 Å². The van der Waals surface area contributed by atoms with Crippen LogP contribution in [0.2, 0.25) is 0 Å². The molecule has 0 spiro atoms. The number of carbonyl (C=O) groups is 1. The average Bonchev–Trinajstić information content (AvgIpc) is 2.67. The second-order valence-electron chi connectivity index (χ2n) is 5.45. The summed E-state index contributed by atoms with van der Waals surface area (Å²) in [5.74, 6) is 0.606. The first-order valence-electron chi connectivity index (χ1n) is 8.08. The van der Waals surface area contributed by atoms with Gasteiger partial charge in [-0.25, -0.2) is 9.78 Å². The average molecular weight is 347 g/mol. The molecule has 0 aliphatic rings. The van der Waals surface area contributed by atoms with E-state index < -0.39 is 5.97 Å². The number of aromatic nitrogens is 1. The Hall–Kier alpha value is -3.59. The van der Waals surface area contributed by atoms with Crippen LogP contribution in [0, 0.1) is 11.3 Å². The van der Waals surface area contributed by atoms with Crippen molar-refractivity contribution in [2.45, 2.75) is 6.92 Å². The summed E-state index contributed by atoms with van der Waals surface area (Å²) in [6, 6.07) is 16.3. The van der Waals surface area contributed by atoms with E-state index in [1.54, 1.807) is 50.4 Å². The summed E-state index contributed by atoms with van der Waals surface area (Å²) in [5, 5.41) is 13.4. The molecule has 130 valence electrons. The van der Waals surface area contributed by atoms with Gasteiger partial charge in [-0.1, -0.05) is 12.1 Å². The fourth-order valence-corrected chi connectivity index (χ4v) is 2.56. The SMILES string of the molecule is CCOC(=O)c1ccccc1Nc1nc2cc(OC)ccc2cc1C#N. The van der Waals surface area contributed by atoms with Crippen LogP contribution in [0.5, 0.6) is 5.75 Å². The first-order valence-corrected chi connectivity index (χ1v) is 8.08. The van der Waals surface area contributed by atoms with Crippen molar-refractivity contribution in [3.63, 3.8) is 0 Å². The standard InChI is InChI=1S/C20H17N3O3/c1-3-26-20(24)16-6-4-5-7-17(16)22-19-14(12-21)10-13-8-9-15(25-2)11-18(13)23-19/h4-11H,3H2,1-2H3,(H,22,23). The third-order valence-electron chi connectivity index (χ3n) is 3.82. The lowest BCUT2D eigenvalue weighted by atomic mass is 10.1. The number of hydrogen-bond donors (Lipinski definition) is 1. The molecule has 1 heterocycles. The molecule has 0 unspecified atom stereocenters. The normalized spacial score (nSPS) is 10.2. The van der Waals surface area contributed by atoms with Crippen molar-refractivity contribution in [2.24, 2.45) is 0 Å². The van der Waals surface area contributed by atoms with E-state index in [-0.39, 0.29) is 6.61 Å². The van der Waals surface area contributed by atoms with Crippen LogP contribution in [0.15, 0.2) is 48.5 Å². The molecule has 0 aliphatic carbocycles. The van der Waals surface area contributed by atoms with Crippen LogP contribution in [-0.4, -0.2) is 24.7 Å². The van der Waals surface area contributed by atoms with Gasteiger partial charge in [0.15, 0.2) is 0 Å². The van der Waals surface area contributed by atoms with Crippen molar-refractivity contribution in [1.29, 1.82) is 5.26 Å². The van der Waals surface area contributed by atoms with Crippen molar-refractivity contribution in [3.05, 3.63) is 59.7 Å². The number of nitrogens with one attached hydrogen (secondary N) is 1. The van der Waals surface area contributed by atoms with Gasteiger partial charge in [0.2, 0.25) is 0 Å². The Morgan fingerprint density at radius 1 is 1.23 bits per heavy atom. The first-order chi connectivity index (χ1) is 12.7. The van der Waals surface area contributed by atoms with Crippen molar-refractivity contribution >= 4 is 28.4 Å². The predicted octanol–water partition coefficient (Wildman–Crippen LogP) is 4.04. The number of nitriles is 1. The summed E-state index contributed by atoms with van der Waals surface area (Å²) in [5.41, 5.74) is 1.96. The quantitative estimate of drug-likeness (QED) is 0.701. The first kappa shape index (κ1) is 17.2. The van der Waals surface area contributed by atoms with Gasteiger partial charge in [-0.15, -0.1) is 0 Å². The second kappa shape index (κ2) is 7.53. The maximum Gasteiger partial charge on any atom is 0.340 e. The number of anilines is 2. The Morgan fingerprint density at radius 2 is 2.04 bits per heavy atom. The monoisotopic (exact) mass is 347 g/mol. The van der Waals surface area contributed by atoms with Gasteiger partial charge in [-0.3, -0.25) is 0 Å². The Balaban J connectivity index is 2.06. The van der Waals surface area contributed by atoms with Gasteiger partial charge < -0.3 is 14.8 Å². The van der Waals surface area contributed by atoms with Crippen LogP contribution in [0.1, 0.15) is 22.8 Å². The summed E-state index contributed by atoms with van der Waals surface area (Å²) in [6.45, 7) is 2.03. The lowest BCUT2D eigenvalue weighted by molar-refractivity contribution is 0.0527. The summed E-state index contributed by atoms with van der Waals surface area (Å²) in [7, 11) is 1.58. The smallest absolute Gasteiger partial charge is 0.340 e. The minimum Gasteiger partial charge on any atom is -0.497 e. The van der Waals surface area contributed by atoms with E-state index in [0.717, 1.165) is 5.39 Å². The zero-order valence-electron chi connectivity index (χ0n) is 14.4. The maximum absolute atomic E-state index is 12.1.